The van der Waals surface area contributed by atoms with E-state index in [1.807, 2.05) is 0 Å². The van der Waals surface area contributed by atoms with Gasteiger partial charge in [0.05, 0.1) is 12.8 Å². The van der Waals surface area contributed by atoms with Gasteiger partial charge in [0.25, 0.3) is 0 Å². The minimum atomic E-state index is -0.169. The van der Waals surface area contributed by atoms with Crippen molar-refractivity contribution in [2.24, 2.45) is 71.0 Å². The van der Waals surface area contributed by atoms with Gasteiger partial charge in [0.1, 0.15) is 12.2 Å². The van der Waals surface area contributed by atoms with E-state index in [-0.39, 0.29) is 37.0 Å². The third-order valence-corrected chi connectivity index (χ3v) is 11.4. The molecule has 0 spiro atoms. The molecule has 8 aliphatic rings. The van der Waals surface area contributed by atoms with Gasteiger partial charge in [-0.3, -0.25) is 9.59 Å². The molecule has 28 heavy (non-hydrogen) atoms. The predicted molar refractivity (Wildman–Crippen MR) is 98.6 cm³/mol. The van der Waals surface area contributed by atoms with E-state index in [2.05, 4.69) is 0 Å². The smallest absolute Gasteiger partial charge is 0.306 e. The third-order valence-electron chi connectivity index (χ3n) is 11.4. The van der Waals surface area contributed by atoms with Gasteiger partial charge in [0, 0.05) is 11.8 Å². The number of hydrogen-bond acceptors (Lipinski definition) is 4. The van der Waals surface area contributed by atoms with Gasteiger partial charge in [-0.1, -0.05) is 0 Å². The Hall–Kier alpha value is -1.06. The maximum atomic E-state index is 12.5. The number of rotatable bonds is 0. The van der Waals surface area contributed by atoms with Crippen LogP contribution in [0.1, 0.15) is 51.4 Å². The first-order valence-electron chi connectivity index (χ1n) is 12.1. The zero-order chi connectivity index (χ0) is 18.3. The van der Waals surface area contributed by atoms with Gasteiger partial charge in [0.15, 0.2) is 0 Å². The van der Waals surface area contributed by atoms with Crippen molar-refractivity contribution in [3.05, 3.63) is 0 Å². The lowest BCUT2D eigenvalue weighted by Gasteiger charge is -2.61. The van der Waals surface area contributed by atoms with Gasteiger partial charge in [0.2, 0.25) is 0 Å². The molecule has 14 atom stereocenters. The summed E-state index contributed by atoms with van der Waals surface area (Å²) in [6, 6.07) is 0. The van der Waals surface area contributed by atoms with Crippen LogP contribution in [0.5, 0.6) is 0 Å². The molecule has 0 aromatic rings. The average molecular weight is 383 g/mol. The lowest BCUT2D eigenvalue weighted by molar-refractivity contribution is -0.177. The third kappa shape index (κ3) is 1.62. The Balaban J connectivity index is 1.20. The molecule has 0 amide bonds. The van der Waals surface area contributed by atoms with Gasteiger partial charge < -0.3 is 9.47 Å². The molecule has 150 valence electrons. The van der Waals surface area contributed by atoms with Crippen molar-refractivity contribution >= 4 is 11.9 Å². The highest BCUT2D eigenvalue weighted by atomic mass is 16.6. The largest absolute Gasteiger partial charge is 0.462 e. The van der Waals surface area contributed by atoms with Crippen LogP contribution in [-0.4, -0.2) is 24.1 Å². The van der Waals surface area contributed by atoms with Crippen LogP contribution in [0.3, 0.4) is 0 Å². The van der Waals surface area contributed by atoms with E-state index >= 15 is 0 Å². The Kier molecular flexibility index (Phi) is 2.80. The first-order valence-corrected chi connectivity index (χ1v) is 12.1. The van der Waals surface area contributed by atoms with Crippen LogP contribution in [0.2, 0.25) is 0 Å². The molecule has 7 aliphatic carbocycles. The molecule has 1 heterocycles. The predicted octanol–water partition coefficient (Wildman–Crippen LogP) is 3.43. The summed E-state index contributed by atoms with van der Waals surface area (Å²) in [4.78, 5) is 24.9. The summed E-state index contributed by atoms with van der Waals surface area (Å²) in [5, 5.41) is 0. The molecule has 0 aromatic carbocycles. The van der Waals surface area contributed by atoms with Gasteiger partial charge in [-0.2, -0.15) is 0 Å². The summed E-state index contributed by atoms with van der Waals surface area (Å²) in [6.45, 7) is 0. The number of carbonyl (C=O) groups excluding carboxylic acids is 2. The fourth-order valence-electron chi connectivity index (χ4n) is 11.3. The second kappa shape index (κ2) is 4.98. The topological polar surface area (TPSA) is 52.6 Å². The Morgan fingerprint density at radius 3 is 1.39 bits per heavy atom. The van der Waals surface area contributed by atoms with Crippen LogP contribution in [0.25, 0.3) is 0 Å². The number of esters is 2. The Morgan fingerprint density at radius 1 is 0.500 bits per heavy atom. The maximum Gasteiger partial charge on any atom is 0.306 e. The van der Waals surface area contributed by atoms with Crippen molar-refractivity contribution in [3.8, 4) is 0 Å². The van der Waals surface area contributed by atoms with Crippen LogP contribution in [0, 0.1) is 71.0 Å². The lowest BCUT2D eigenvalue weighted by Crippen LogP contribution is -2.59. The highest BCUT2D eigenvalue weighted by Crippen LogP contribution is 2.81. The van der Waals surface area contributed by atoms with E-state index in [1.54, 1.807) is 0 Å². The van der Waals surface area contributed by atoms with E-state index in [4.69, 9.17) is 9.47 Å². The molecule has 8 fully saturated rings. The van der Waals surface area contributed by atoms with Crippen molar-refractivity contribution in [3.63, 3.8) is 0 Å². The Labute approximate surface area is 166 Å². The molecule has 0 unspecified atom stereocenters. The maximum absolute atomic E-state index is 12.5. The summed E-state index contributed by atoms with van der Waals surface area (Å²) in [5.41, 5.74) is 0. The summed E-state index contributed by atoms with van der Waals surface area (Å²) < 4.78 is 12.0. The van der Waals surface area contributed by atoms with Crippen LogP contribution < -0.4 is 0 Å². The summed E-state index contributed by atoms with van der Waals surface area (Å²) in [6.07, 6.45) is 8.20. The van der Waals surface area contributed by atoms with Crippen molar-refractivity contribution in [1.29, 1.82) is 0 Å². The first-order chi connectivity index (χ1) is 13.7. The van der Waals surface area contributed by atoms with Crippen LogP contribution in [0.4, 0.5) is 0 Å². The minimum absolute atomic E-state index is 0.136. The molecule has 1 saturated heterocycles. The SMILES string of the molecule is O=C1CCC(=O)O[C@@H]2CC[C@@H]3[C@H]4C[C@H]([C@H]5[C@@H]4[C@@H]4[C@@H]6C[C@H]([C@@H]45)[C@H]4[C@@H]6CC[C@H]4O1)[C@@H]32. The van der Waals surface area contributed by atoms with E-state index in [0.717, 1.165) is 72.0 Å². The fourth-order valence-corrected chi connectivity index (χ4v) is 11.3. The van der Waals surface area contributed by atoms with Gasteiger partial charge in [-0.15, -0.1) is 0 Å². The van der Waals surface area contributed by atoms with Crippen molar-refractivity contribution < 1.29 is 19.1 Å². The monoisotopic (exact) mass is 382 g/mol. The molecular weight excluding hydrogens is 352 g/mol. The highest BCUT2D eigenvalue weighted by Gasteiger charge is 2.78. The minimum Gasteiger partial charge on any atom is -0.462 e. The van der Waals surface area contributed by atoms with Gasteiger partial charge in [-0.25, -0.2) is 0 Å². The second-order valence-electron chi connectivity index (χ2n) is 11.6. The normalized spacial score (nSPS) is 64.7. The molecule has 0 N–H and O–H groups in total. The summed E-state index contributed by atoms with van der Waals surface area (Å²) in [5.74, 6) is 9.93. The Bertz CT molecular complexity index is 713. The van der Waals surface area contributed by atoms with E-state index in [9.17, 15) is 9.59 Å². The zero-order valence-electron chi connectivity index (χ0n) is 16.4. The van der Waals surface area contributed by atoms with Crippen molar-refractivity contribution in [2.75, 3.05) is 0 Å². The van der Waals surface area contributed by atoms with Crippen molar-refractivity contribution in [2.45, 2.75) is 63.6 Å². The van der Waals surface area contributed by atoms with Gasteiger partial charge >= 0.3 is 11.9 Å². The Morgan fingerprint density at radius 2 is 0.929 bits per heavy atom. The molecule has 0 radical (unpaired) electrons. The standard InChI is InChI=1S/C24H30O4/c25-17-5-6-18(26)28-16-4-2-10-12-8-14(20(10)16)24-22(12)21-11-7-13(23(21)24)19-9(11)1-3-15(19)27-17/h9-16,19-24H,1-8H2/t9-,10-,11-,12-,13+,14+,15-,16-,19-,20-,21+,22+,23+,24+/m1/s1. The lowest BCUT2D eigenvalue weighted by atomic mass is 9.43. The van der Waals surface area contributed by atoms with Gasteiger partial charge in [-0.05, 0) is 97.7 Å². The molecule has 7 saturated carbocycles. The number of hydrogen-bond donors (Lipinski definition) is 0. The quantitative estimate of drug-likeness (QED) is 0.602. The molecule has 4 bridgehead atoms. The number of ether oxygens (including phenoxy) is 2. The summed E-state index contributed by atoms with van der Waals surface area (Å²) in [7, 11) is 0. The molecule has 4 nitrogen and oxygen atoms in total. The number of fused-ring (bicyclic) bond motifs is 7. The zero-order valence-corrected chi connectivity index (χ0v) is 16.4. The summed E-state index contributed by atoms with van der Waals surface area (Å²) >= 11 is 0. The van der Waals surface area contributed by atoms with E-state index in [1.165, 1.54) is 25.7 Å². The molecule has 8 rings (SSSR count). The van der Waals surface area contributed by atoms with Crippen LogP contribution in [-0.2, 0) is 19.1 Å². The fraction of sp³-hybridized carbons (Fsp3) is 0.917. The molecule has 0 aromatic heterocycles. The van der Waals surface area contributed by atoms with Crippen molar-refractivity contribution in [1.82, 2.24) is 0 Å². The van der Waals surface area contributed by atoms with E-state index in [0.29, 0.717) is 11.8 Å². The average Bonchev–Trinajstić information content (AvgIpc) is 3.43. The van der Waals surface area contributed by atoms with E-state index < -0.39 is 0 Å². The number of carbonyl (C=O) groups is 2. The van der Waals surface area contributed by atoms with Crippen LogP contribution in [0.15, 0.2) is 0 Å². The first kappa shape index (κ1) is 15.7. The molecule has 4 heteroatoms. The molecule has 1 aliphatic heterocycles. The molecular formula is C24H30O4. The van der Waals surface area contributed by atoms with Crippen LogP contribution >= 0.6 is 0 Å². The highest BCUT2D eigenvalue weighted by molar-refractivity contribution is 5.78. The second-order valence-corrected chi connectivity index (χ2v) is 11.6.